The van der Waals surface area contributed by atoms with E-state index in [1.807, 2.05) is 6.92 Å². The van der Waals surface area contributed by atoms with Crippen LogP contribution in [-0.4, -0.2) is 55.4 Å². The van der Waals surface area contributed by atoms with E-state index in [-0.39, 0.29) is 29.6 Å². The molecule has 33 heavy (non-hydrogen) atoms. The van der Waals surface area contributed by atoms with Gasteiger partial charge in [0, 0.05) is 38.7 Å². The van der Waals surface area contributed by atoms with Gasteiger partial charge in [0.15, 0.2) is 5.65 Å². The first-order chi connectivity index (χ1) is 16.0. The molecule has 1 unspecified atom stereocenters. The Morgan fingerprint density at radius 2 is 2.09 bits per heavy atom. The molecule has 4 heterocycles. The predicted octanol–water partition coefficient (Wildman–Crippen LogP) is 1.42. The third kappa shape index (κ3) is 4.53. The van der Waals surface area contributed by atoms with Gasteiger partial charge >= 0.3 is 0 Å². The quantitative estimate of drug-likeness (QED) is 0.317. The third-order valence-corrected chi connectivity index (χ3v) is 5.00. The molecule has 11 nitrogen and oxygen atoms in total. The standard InChI is InChI=1S/C22H24N8O3/c1-14(13-31)11-25-21(32)15-12-26-30-19(23-2)10-17(28-20(15)30)27-16-6-5-9-29(22(16)33)18-7-3-4-8-24-18/h3-10,12,14,23,31H,11,13H2,1-2H3,(H,25,32)(H,27,28). The molecule has 0 radical (unpaired) electrons. The van der Waals surface area contributed by atoms with E-state index < -0.39 is 0 Å². The van der Waals surface area contributed by atoms with Gasteiger partial charge in [-0.2, -0.15) is 9.61 Å². The number of carbonyl (C=O) groups excluding carboxylic acids is 1. The number of aliphatic hydroxyl groups excluding tert-OH is 1. The molecule has 1 amide bonds. The van der Waals surface area contributed by atoms with Crippen LogP contribution in [0.1, 0.15) is 17.3 Å². The van der Waals surface area contributed by atoms with Crippen molar-refractivity contribution >= 4 is 28.9 Å². The molecule has 0 saturated carbocycles. The third-order valence-electron chi connectivity index (χ3n) is 5.00. The van der Waals surface area contributed by atoms with E-state index in [9.17, 15) is 14.7 Å². The minimum atomic E-state index is -0.353. The fraction of sp³-hybridized carbons (Fsp3) is 0.227. The maximum Gasteiger partial charge on any atom is 0.279 e. The maximum absolute atomic E-state index is 13.0. The molecule has 0 aliphatic rings. The summed E-state index contributed by atoms with van der Waals surface area (Å²) >= 11 is 0. The molecule has 0 saturated heterocycles. The zero-order valence-electron chi connectivity index (χ0n) is 18.2. The molecular formula is C22H24N8O3. The Bertz CT molecular complexity index is 1330. The van der Waals surface area contributed by atoms with Gasteiger partial charge in [-0.3, -0.25) is 14.2 Å². The van der Waals surface area contributed by atoms with E-state index >= 15 is 0 Å². The molecule has 0 aliphatic carbocycles. The number of fused-ring (bicyclic) bond motifs is 1. The number of anilines is 3. The summed E-state index contributed by atoms with van der Waals surface area (Å²) in [5.74, 6) is 1.01. The van der Waals surface area contributed by atoms with Crippen molar-refractivity contribution < 1.29 is 9.90 Å². The Hall–Kier alpha value is -4.25. The minimum Gasteiger partial charge on any atom is -0.396 e. The minimum absolute atomic E-state index is 0.0294. The summed E-state index contributed by atoms with van der Waals surface area (Å²) in [6, 6.07) is 10.4. The molecule has 1 atom stereocenters. The normalized spacial score (nSPS) is 11.8. The van der Waals surface area contributed by atoms with Crippen molar-refractivity contribution in [2.24, 2.45) is 5.92 Å². The molecule has 0 bridgehead atoms. The van der Waals surface area contributed by atoms with E-state index in [4.69, 9.17) is 0 Å². The Labute approximate surface area is 189 Å². The highest BCUT2D eigenvalue weighted by Crippen LogP contribution is 2.21. The van der Waals surface area contributed by atoms with Crippen LogP contribution in [0, 0.1) is 5.92 Å². The van der Waals surface area contributed by atoms with Crippen molar-refractivity contribution in [2.45, 2.75) is 6.92 Å². The number of carbonyl (C=O) groups is 1. The van der Waals surface area contributed by atoms with Crippen molar-refractivity contribution in [3.05, 3.63) is 70.9 Å². The smallest absolute Gasteiger partial charge is 0.279 e. The second-order valence-corrected chi connectivity index (χ2v) is 7.48. The van der Waals surface area contributed by atoms with E-state index in [1.165, 1.54) is 15.3 Å². The van der Waals surface area contributed by atoms with Gasteiger partial charge in [-0.15, -0.1) is 0 Å². The Balaban J connectivity index is 1.69. The lowest BCUT2D eigenvalue weighted by Crippen LogP contribution is -2.29. The largest absolute Gasteiger partial charge is 0.396 e. The highest BCUT2D eigenvalue weighted by molar-refractivity contribution is 6.00. The zero-order valence-corrected chi connectivity index (χ0v) is 18.2. The van der Waals surface area contributed by atoms with Gasteiger partial charge in [0.1, 0.15) is 28.7 Å². The number of rotatable bonds is 8. The van der Waals surface area contributed by atoms with Gasteiger partial charge in [-0.25, -0.2) is 9.97 Å². The van der Waals surface area contributed by atoms with E-state index in [0.29, 0.717) is 35.3 Å². The fourth-order valence-electron chi connectivity index (χ4n) is 3.20. The van der Waals surface area contributed by atoms with Crippen LogP contribution >= 0.6 is 0 Å². The number of nitrogens with one attached hydrogen (secondary N) is 3. The van der Waals surface area contributed by atoms with Gasteiger partial charge in [-0.05, 0) is 30.2 Å². The molecule has 0 fully saturated rings. The van der Waals surface area contributed by atoms with Gasteiger partial charge in [0.05, 0.1) is 6.20 Å². The first-order valence-corrected chi connectivity index (χ1v) is 10.4. The van der Waals surface area contributed by atoms with E-state index in [2.05, 4.69) is 31.0 Å². The summed E-state index contributed by atoms with van der Waals surface area (Å²) in [5, 5.41) is 22.3. The van der Waals surface area contributed by atoms with Crippen LogP contribution in [0.3, 0.4) is 0 Å². The van der Waals surface area contributed by atoms with Crippen molar-refractivity contribution in [1.29, 1.82) is 0 Å². The van der Waals surface area contributed by atoms with Crippen molar-refractivity contribution in [1.82, 2.24) is 29.5 Å². The molecule has 4 aromatic rings. The number of aliphatic hydroxyl groups is 1. The molecule has 0 aliphatic heterocycles. The summed E-state index contributed by atoms with van der Waals surface area (Å²) in [4.78, 5) is 34.4. The molecule has 4 rings (SSSR count). The summed E-state index contributed by atoms with van der Waals surface area (Å²) in [6.07, 6.45) is 4.69. The monoisotopic (exact) mass is 448 g/mol. The van der Waals surface area contributed by atoms with E-state index in [1.54, 1.807) is 55.8 Å². The second kappa shape index (κ2) is 9.49. The molecule has 0 spiro atoms. The lowest BCUT2D eigenvalue weighted by Gasteiger charge is -2.12. The Kier molecular flexibility index (Phi) is 6.31. The molecule has 11 heteroatoms. The Morgan fingerprint density at radius 3 is 2.82 bits per heavy atom. The summed E-state index contributed by atoms with van der Waals surface area (Å²) in [6.45, 7) is 2.12. The van der Waals surface area contributed by atoms with Crippen LogP contribution in [0.15, 0.2) is 59.8 Å². The van der Waals surface area contributed by atoms with E-state index in [0.717, 1.165) is 0 Å². The van der Waals surface area contributed by atoms with Crippen molar-refractivity contribution in [3.63, 3.8) is 0 Å². The second-order valence-electron chi connectivity index (χ2n) is 7.48. The predicted molar refractivity (Wildman–Crippen MR) is 124 cm³/mol. The molecule has 4 N–H and O–H groups in total. The average Bonchev–Trinajstić information content (AvgIpc) is 3.27. The van der Waals surface area contributed by atoms with Crippen LogP contribution in [0.5, 0.6) is 0 Å². The van der Waals surface area contributed by atoms with Gasteiger partial charge in [0.2, 0.25) is 0 Å². The van der Waals surface area contributed by atoms with Crippen LogP contribution in [0.4, 0.5) is 17.3 Å². The molecule has 170 valence electrons. The average molecular weight is 448 g/mol. The van der Waals surface area contributed by atoms with Crippen molar-refractivity contribution in [3.8, 4) is 5.82 Å². The fourth-order valence-corrected chi connectivity index (χ4v) is 3.20. The summed E-state index contributed by atoms with van der Waals surface area (Å²) in [5.41, 5.74) is 0.594. The zero-order chi connectivity index (χ0) is 23.4. The summed E-state index contributed by atoms with van der Waals surface area (Å²) in [7, 11) is 1.72. The van der Waals surface area contributed by atoms with Gasteiger partial charge in [0.25, 0.3) is 11.5 Å². The van der Waals surface area contributed by atoms with Crippen LogP contribution in [-0.2, 0) is 0 Å². The Morgan fingerprint density at radius 1 is 1.24 bits per heavy atom. The maximum atomic E-state index is 13.0. The van der Waals surface area contributed by atoms with Gasteiger partial charge in [-0.1, -0.05) is 13.0 Å². The van der Waals surface area contributed by atoms with Crippen LogP contribution < -0.4 is 21.5 Å². The highest BCUT2D eigenvalue weighted by atomic mass is 16.3. The number of amides is 1. The first-order valence-electron chi connectivity index (χ1n) is 10.4. The number of hydrogen-bond donors (Lipinski definition) is 4. The summed E-state index contributed by atoms with van der Waals surface area (Å²) < 4.78 is 2.94. The number of pyridine rings is 2. The SMILES string of the molecule is CNc1cc(Nc2cccn(-c3ccccn3)c2=O)nc2c(C(=O)NCC(C)CO)cnn12. The first kappa shape index (κ1) is 22.0. The molecular weight excluding hydrogens is 424 g/mol. The lowest BCUT2D eigenvalue weighted by atomic mass is 10.2. The van der Waals surface area contributed by atoms with Crippen molar-refractivity contribution in [2.75, 3.05) is 30.8 Å². The number of hydrogen-bond acceptors (Lipinski definition) is 8. The van der Waals surface area contributed by atoms with Gasteiger partial charge < -0.3 is 21.1 Å². The topological polar surface area (TPSA) is 138 Å². The van der Waals surface area contributed by atoms with Crippen LogP contribution in [0.25, 0.3) is 11.5 Å². The number of aromatic nitrogens is 5. The lowest BCUT2D eigenvalue weighted by molar-refractivity contribution is 0.0943. The van der Waals surface area contributed by atoms with Crippen LogP contribution in [0.2, 0.25) is 0 Å². The number of nitrogens with zero attached hydrogens (tertiary/aromatic N) is 5. The molecule has 4 aromatic heterocycles. The molecule has 0 aromatic carbocycles. The highest BCUT2D eigenvalue weighted by Gasteiger charge is 2.18.